The number of hydrogen-bond acceptors (Lipinski definition) is 4. The highest BCUT2D eigenvalue weighted by Gasteiger charge is 2.39. The maximum absolute atomic E-state index is 11.1. The summed E-state index contributed by atoms with van der Waals surface area (Å²) in [6.45, 7) is 13.0. The van der Waals surface area contributed by atoms with Crippen molar-refractivity contribution < 1.29 is 14.0 Å². The lowest BCUT2D eigenvalue weighted by molar-refractivity contribution is 0.0223. The Morgan fingerprint density at radius 3 is 2.68 bits per heavy atom. The van der Waals surface area contributed by atoms with Gasteiger partial charge in [-0.3, -0.25) is 4.90 Å². The van der Waals surface area contributed by atoms with Gasteiger partial charge in [-0.05, 0) is 48.7 Å². The van der Waals surface area contributed by atoms with Gasteiger partial charge in [0.25, 0.3) is 0 Å². The van der Waals surface area contributed by atoms with E-state index < -0.39 is 14.4 Å². The number of primary amides is 1. The van der Waals surface area contributed by atoms with E-state index in [9.17, 15) is 4.79 Å². The first-order chi connectivity index (χ1) is 13.0. The number of hydrogen-bond donors (Lipinski definition) is 1. The van der Waals surface area contributed by atoms with E-state index in [-0.39, 0.29) is 17.2 Å². The standard InChI is InChI=1S/C21H35ClN2O3Si/c1-21(2,3)28(4,5)27-19-8-6-7-16(13-19)15-24-12-10-18(26-20(23)25)14-17(24)9-11-22/h6-8,13,17-18H,9-12,14-15H2,1-5H3,(H2,23,25)/t17-,18-/m1/s1. The molecule has 0 radical (unpaired) electrons. The molecule has 28 heavy (non-hydrogen) atoms. The van der Waals surface area contributed by atoms with Crippen molar-refractivity contribution in [3.05, 3.63) is 29.8 Å². The van der Waals surface area contributed by atoms with Gasteiger partial charge in [0.15, 0.2) is 0 Å². The van der Waals surface area contributed by atoms with E-state index >= 15 is 0 Å². The molecule has 0 bridgehead atoms. The molecule has 1 aliphatic heterocycles. The average Bonchev–Trinajstić information content (AvgIpc) is 2.56. The van der Waals surface area contributed by atoms with E-state index in [1.165, 1.54) is 5.56 Å². The second-order valence-corrected chi connectivity index (χ2v) is 14.3. The quantitative estimate of drug-likeness (QED) is 0.485. The molecule has 0 spiro atoms. The predicted octanol–water partition coefficient (Wildman–Crippen LogP) is 5.13. The maximum atomic E-state index is 11.1. The van der Waals surface area contributed by atoms with Gasteiger partial charge in [0.1, 0.15) is 11.9 Å². The van der Waals surface area contributed by atoms with Crippen molar-refractivity contribution in [1.82, 2.24) is 4.90 Å². The lowest BCUT2D eigenvalue weighted by atomic mass is 9.96. The van der Waals surface area contributed by atoms with Gasteiger partial charge in [0, 0.05) is 31.4 Å². The van der Waals surface area contributed by atoms with Crippen LogP contribution in [0.25, 0.3) is 0 Å². The first-order valence-corrected chi connectivity index (χ1v) is 13.5. The number of likely N-dealkylation sites (tertiary alicyclic amines) is 1. The summed E-state index contributed by atoms with van der Waals surface area (Å²) >= 11 is 6.02. The smallest absolute Gasteiger partial charge is 0.404 e. The summed E-state index contributed by atoms with van der Waals surface area (Å²) in [5, 5.41) is 0.163. The molecule has 2 rings (SSSR count). The third-order valence-electron chi connectivity index (χ3n) is 5.98. The van der Waals surface area contributed by atoms with Crippen LogP contribution in [0.5, 0.6) is 5.75 Å². The number of amides is 1. The lowest BCUT2D eigenvalue weighted by Crippen LogP contribution is -2.45. The number of nitrogens with two attached hydrogens (primary N) is 1. The molecule has 1 fully saturated rings. The number of ether oxygens (including phenoxy) is 1. The Balaban J connectivity index is 2.07. The van der Waals surface area contributed by atoms with Crippen molar-refractivity contribution >= 4 is 26.0 Å². The summed E-state index contributed by atoms with van der Waals surface area (Å²) in [4.78, 5) is 13.5. The number of benzene rings is 1. The molecule has 2 atom stereocenters. The minimum Gasteiger partial charge on any atom is -0.543 e. The molecule has 1 aromatic carbocycles. The van der Waals surface area contributed by atoms with Crippen LogP contribution < -0.4 is 10.2 Å². The number of halogens is 1. The first-order valence-electron chi connectivity index (χ1n) is 10.1. The van der Waals surface area contributed by atoms with Crippen molar-refractivity contribution in [1.29, 1.82) is 0 Å². The third-order valence-corrected chi connectivity index (χ3v) is 10.6. The molecule has 1 heterocycles. The van der Waals surface area contributed by atoms with Crippen molar-refractivity contribution in [2.45, 2.75) is 76.9 Å². The zero-order valence-electron chi connectivity index (χ0n) is 17.8. The largest absolute Gasteiger partial charge is 0.543 e. The molecule has 0 saturated carbocycles. The Morgan fingerprint density at radius 1 is 1.36 bits per heavy atom. The van der Waals surface area contributed by atoms with Gasteiger partial charge in [0.05, 0.1) is 0 Å². The van der Waals surface area contributed by atoms with Crippen molar-refractivity contribution in [2.24, 2.45) is 5.73 Å². The Bertz CT molecular complexity index is 663. The minimum absolute atomic E-state index is 0.116. The van der Waals surface area contributed by atoms with Crippen LogP contribution in [-0.2, 0) is 11.3 Å². The highest BCUT2D eigenvalue weighted by molar-refractivity contribution is 6.74. The monoisotopic (exact) mass is 426 g/mol. The molecular formula is C21H35ClN2O3Si. The Kier molecular flexibility index (Phi) is 7.82. The molecule has 2 N–H and O–H groups in total. The predicted molar refractivity (Wildman–Crippen MR) is 117 cm³/mol. The van der Waals surface area contributed by atoms with Crippen LogP contribution >= 0.6 is 11.6 Å². The molecule has 0 aliphatic carbocycles. The summed E-state index contributed by atoms with van der Waals surface area (Å²) in [7, 11) is -1.86. The number of nitrogens with zero attached hydrogens (tertiary/aromatic N) is 1. The Labute approximate surface area is 175 Å². The summed E-state index contributed by atoms with van der Waals surface area (Å²) in [5.74, 6) is 1.53. The first kappa shape index (κ1) is 23.0. The fourth-order valence-electron chi connectivity index (χ4n) is 3.36. The van der Waals surface area contributed by atoms with E-state index in [1.807, 2.05) is 6.07 Å². The van der Waals surface area contributed by atoms with Crippen LogP contribution in [0.4, 0.5) is 4.79 Å². The lowest BCUT2D eigenvalue weighted by Gasteiger charge is -2.39. The van der Waals surface area contributed by atoms with Crippen LogP contribution in [0.3, 0.4) is 0 Å². The molecule has 158 valence electrons. The van der Waals surface area contributed by atoms with Crippen LogP contribution in [0, 0.1) is 0 Å². The van der Waals surface area contributed by atoms with Gasteiger partial charge in [-0.25, -0.2) is 4.79 Å². The summed E-state index contributed by atoms with van der Waals surface area (Å²) in [5.41, 5.74) is 6.41. The number of carbonyl (C=O) groups is 1. The summed E-state index contributed by atoms with van der Waals surface area (Å²) in [6.07, 6.45) is 1.62. The molecule has 0 aromatic heterocycles. The third kappa shape index (κ3) is 6.39. The van der Waals surface area contributed by atoms with Crippen LogP contribution in [0.1, 0.15) is 45.6 Å². The van der Waals surface area contributed by atoms with E-state index in [0.717, 1.165) is 38.1 Å². The van der Waals surface area contributed by atoms with Crippen LogP contribution in [0.2, 0.25) is 18.1 Å². The fourth-order valence-corrected chi connectivity index (χ4v) is 4.63. The van der Waals surface area contributed by atoms with E-state index in [2.05, 4.69) is 57.0 Å². The van der Waals surface area contributed by atoms with Crippen molar-refractivity contribution in [2.75, 3.05) is 12.4 Å². The highest BCUT2D eigenvalue weighted by Crippen LogP contribution is 2.37. The van der Waals surface area contributed by atoms with Gasteiger partial charge in [0.2, 0.25) is 8.32 Å². The zero-order chi connectivity index (χ0) is 20.9. The topological polar surface area (TPSA) is 64.8 Å². The number of alkyl halides is 1. The maximum Gasteiger partial charge on any atom is 0.404 e. The summed E-state index contributed by atoms with van der Waals surface area (Å²) in [6, 6.07) is 8.69. The molecule has 1 aromatic rings. The summed E-state index contributed by atoms with van der Waals surface area (Å²) < 4.78 is 11.7. The van der Waals surface area contributed by atoms with Crippen LogP contribution in [-0.4, -0.2) is 43.9 Å². The zero-order valence-corrected chi connectivity index (χ0v) is 19.6. The van der Waals surface area contributed by atoms with Crippen LogP contribution in [0.15, 0.2) is 24.3 Å². The highest BCUT2D eigenvalue weighted by atomic mass is 35.5. The minimum atomic E-state index is -1.86. The fraction of sp³-hybridized carbons (Fsp3) is 0.667. The number of carbonyl (C=O) groups excluding carboxylic acids is 1. The average molecular weight is 427 g/mol. The molecule has 0 unspecified atom stereocenters. The molecule has 1 amide bonds. The number of rotatable bonds is 7. The van der Waals surface area contributed by atoms with Gasteiger partial charge in [-0.1, -0.05) is 32.9 Å². The second kappa shape index (κ2) is 9.50. The molecule has 5 nitrogen and oxygen atoms in total. The van der Waals surface area contributed by atoms with E-state index in [4.69, 9.17) is 26.5 Å². The Morgan fingerprint density at radius 2 is 2.07 bits per heavy atom. The molecule has 1 aliphatic rings. The van der Waals surface area contributed by atoms with Gasteiger partial charge < -0.3 is 14.9 Å². The van der Waals surface area contributed by atoms with Gasteiger partial charge in [-0.2, -0.15) is 0 Å². The Hall–Kier alpha value is -1.24. The van der Waals surface area contributed by atoms with E-state index in [1.54, 1.807) is 0 Å². The van der Waals surface area contributed by atoms with Crippen molar-refractivity contribution in [3.63, 3.8) is 0 Å². The normalized spacial score (nSPS) is 21.4. The molecular weight excluding hydrogens is 392 g/mol. The van der Waals surface area contributed by atoms with Gasteiger partial charge >= 0.3 is 6.09 Å². The SMILES string of the molecule is CC(C)(C)[Si](C)(C)Oc1cccc(CN2CC[C@@H](OC(N)=O)C[C@H]2CCCl)c1. The van der Waals surface area contributed by atoms with Crippen molar-refractivity contribution in [3.8, 4) is 5.75 Å². The molecule has 1 saturated heterocycles. The number of piperidine rings is 1. The van der Waals surface area contributed by atoms with Gasteiger partial charge in [-0.15, -0.1) is 11.6 Å². The molecule has 7 heteroatoms. The second-order valence-electron chi connectivity index (χ2n) is 9.20. The van der Waals surface area contributed by atoms with E-state index in [0.29, 0.717) is 5.88 Å².